The minimum Gasteiger partial charge on any atom is -0.494 e. The quantitative estimate of drug-likeness (QED) is 0.753. The van der Waals surface area contributed by atoms with E-state index in [1.165, 1.54) is 0 Å². The lowest BCUT2D eigenvalue weighted by Gasteiger charge is -2.22. The maximum Gasteiger partial charge on any atom is 0.258 e. The molecular weight excluding hydrogens is 332 g/mol. The first-order valence-electron chi connectivity index (χ1n) is 6.63. The standard InChI is InChI=1S/C16H17BrN2O2/c1-21-15-11-18-9-7-14(15)16(20)19(10-8-17)12-13-5-3-2-4-6-13/h2-7,9,11H,8,10,12H2,1H3. The lowest BCUT2D eigenvalue weighted by Crippen LogP contribution is -2.32. The highest BCUT2D eigenvalue weighted by Gasteiger charge is 2.19. The van der Waals surface area contributed by atoms with E-state index in [2.05, 4.69) is 20.9 Å². The predicted octanol–water partition coefficient (Wildman–Crippen LogP) is 3.13. The van der Waals surface area contributed by atoms with Crippen LogP contribution in [0.3, 0.4) is 0 Å². The Morgan fingerprint density at radius 2 is 2.05 bits per heavy atom. The van der Waals surface area contributed by atoms with Crippen LogP contribution in [0.1, 0.15) is 15.9 Å². The second kappa shape index (κ2) is 7.78. The molecule has 2 rings (SSSR count). The fourth-order valence-corrected chi connectivity index (χ4v) is 2.48. The van der Waals surface area contributed by atoms with E-state index in [1.54, 1.807) is 30.5 Å². The van der Waals surface area contributed by atoms with Gasteiger partial charge in [-0.2, -0.15) is 0 Å². The number of halogens is 1. The number of alkyl halides is 1. The number of hydrogen-bond donors (Lipinski definition) is 0. The number of aromatic nitrogens is 1. The number of methoxy groups -OCH3 is 1. The third-order valence-electron chi connectivity index (χ3n) is 3.09. The number of rotatable bonds is 6. The molecule has 1 amide bonds. The van der Waals surface area contributed by atoms with Crippen LogP contribution in [0.15, 0.2) is 48.8 Å². The smallest absolute Gasteiger partial charge is 0.258 e. The summed E-state index contributed by atoms with van der Waals surface area (Å²) in [6, 6.07) is 11.6. The summed E-state index contributed by atoms with van der Waals surface area (Å²) in [6.07, 6.45) is 3.16. The molecule has 0 saturated carbocycles. The molecule has 5 heteroatoms. The predicted molar refractivity (Wildman–Crippen MR) is 85.8 cm³/mol. The highest BCUT2D eigenvalue weighted by atomic mass is 79.9. The van der Waals surface area contributed by atoms with Gasteiger partial charge in [0.15, 0.2) is 0 Å². The van der Waals surface area contributed by atoms with Crippen molar-refractivity contribution in [3.63, 3.8) is 0 Å². The van der Waals surface area contributed by atoms with Crippen LogP contribution in [-0.2, 0) is 6.54 Å². The lowest BCUT2D eigenvalue weighted by molar-refractivity contribution is 0.0751. The second-order valence-electron chi connectivity index (χ2n) is 4.48. The molecule has 0 atom stereocenters. The van der Waals surface area contributed by atoms with Crippen LogP contribution in [0.5, 0.6) is 5.75 Å². The first kappa shape index (κ1) is 15.5. The normalized spacial score (nSPS) is 10.2. The summed E-state index contributed by atoms with van der Waals surface area (Å²) in [4.78, 5) is 18.5. The molecule has 0 aliphatic heterocycles. The van der Waals surface area contributed by atoms with E-state index >= 15 is 0 Å². The van der Waals surface area contributed by atoms with Gasteiger partial charge in [0.05, 0.1) is 18.9 Å². The fraction of sp³-hybridized carbons (Fsp3) is 0.250. The van der Waals surface area contributed by atoms with E-state index in [-0.39, 0.29) is 5.91 Å². The van der Waals surface area contributed by atoms with Crippen molar-refractivity contribution in [1.82, 2.24) is 9.88 Å². The third kappa shape index (κ3) is 4.04. The van der Waals surface area contributed by atoms with Crippen LogP contribution in [0.25, 0.3) is 0 Å². The second-order valence-corrected chi connectivity index (χ2v) is 5.27. The monoisotopic (exact) mass is 348 g/mol. The molecule has 110 valence electrons. The number of hydrogen-bond acceptors (Lipinski definition) is 3. The van der Waals surface area contributed by atoms with Crippen molar-refractivity contribution in [2.24, 2.45) is 0 Å². The zero-order valence-corrected chi connectivity index (χ0v) is 13.4. The molecule has 1 heterocycles. The van der Waals surface area contributed by atoms with Crippen LogP contribution in [0, 0.1) is 0 Å². The van der Waals surface area contributed by atoms with Crippen LogP contribution < -0.4 is 4.74 Å². The molecule has 0 fully saturated rings. The average Bonchev–Trinajstić information content (AvgIpc) is 2.54. The van der Waals surface area contributed by atoms with E-state index in [0.29, 0.717) is 24.4 Å². The first-order valence-corrected chi connectivity index (χ1v) is 7.75. The highest BCUT2D eigenvalue weighted by Crippen LogP contribution is 2.19. The Labute approximate surface area is 132 Å². The molecule has 0 aliphatic carbocycles. The minimum absolute atomic E-state index is 0.0578. The van der Waals surface area contributed by atoms with Gasteiger partial charge in [-0.25, -0.2) is 0 Å². The largest absolute Gasteiger partial charge is 0.494 e. The molecular formula is C16H17BrN2O2. The Morgan fingerprint density at radius 1 is 1.29 bits per heavy atom. The lowest BCUT2D eigenvalue weighted by atomic mass is 10.1. The Morgan fingerprint density at radius 3 is 2.71 bits per heavy atom. The van der Waals surface area contributed by atoms with Crippen molar-refractivity contribution in [3.05, 3.63) is 59.9 Å². The van der Waals surface area contributed by atoms with Gasteiger partial charge in [0.25, 0.3) is 5.91 Å². The van der Waals surface area contributed by atoms with Gasteiger partial charge in [-0.1, -0.05) is 46.3 Å². The summed E-state index contributed by atoms with van der Waals surface area (Å²) in [5.74, 6) is 0.438. The number of ether oxygens (including phenoxy) is 1. The molecule has 0 N–H and O–H groups in total. The number of benzene rings is 1. The third-order valence-corrected chi connectivity index (χ3v) is 3.45. The summed E-state index contributed by atoms with van der Waals surface area (Å²) in [6.45, 7) is 1.19. The number of carbonyl (C=O) groups excluding carboxylic acids is 1. The van der Waals surface area contributed by atoms with Crippen molar-refractivity contribution in [3.8, 4) is 5.75 Å². The summed E-state index contributed by atoms with van der Waals surface area (Å²) >= 11 is 3.40. The zero-order valence-electron chi connectivity index (χ0n) is 11.8. The molecule has 0 spiro atoms. The molecule has 0 aliphatic rings. The topological polar surface area (TPSA) is 42.4 Å². The van der Waals surface area contributed by atoms with Crippen molar-refractivity contribution >= 4 is 21.8 Å². The van der Waals surface area contributed by atoms with Gasteiger partial charge in [-0.05, 0) is 11.6 Å². The van der Waals surface area contributed by atoms with Crippen molar-refractivity contribution in [2.75, 3.05) is 19.0 Å². The van der Waals surface area contributed by atoms with E-state index < -0.39 is 0 Å². The van der Waals surface area contributed by atoms with Gasteiger partial charge in [0.2, 0.25) is 0 Å². The van der Waals surface area contributed by atoms with Gasteiger partial charge < -0.3 is 9.64 Å². The molecule has 4 nitrogen and oxygen atoms in total. The van der Waals surface area contributed by atoms with E-state index in [4.69, 9.17) is 4.74 Å². The number of carbonyl (C=O) groups is 1. The number of pyridine rings is 1. The van der Waals surface area contributed by atoms with Gasteiger partial charge >= 0.3 is 0 Å². The Kier molecular flexibility index (Phi) is 5.75. The van der Waals surface area contributed by atoms with Crippen molar-refractivity contribution < 1.29 is 9.53 Å². The molecule has 0 unspecified atom stereocenters. The fourth-order valence-electron chi connectivity index (χ4n) is 2.05. The van der Waals surface area contributed by atoms with Gasteiger partial charge in [-0.3, -0.25) is 9.78 Å². The maximum atomic E-state index is 12.7. The average molecular weight is 349 g/mol. The Balaban J connectivity index is 2.23. The van der Waals surface area contributed by atoms with Crippen LogP contribution in [0.2, 0.25) is 0 Å². The van der Waals surface area contributed by atoms with E-state index in [9.17, 15) is 4.79 Å². The first-order chi connectivity index (χ1) is 10.3. The van der Waals surface area contributed by atoms with Gasteiger partial charge in [0, 0.05) is 24.6 Å². The summed E-state index contributed by atoms with van der Waals surface area (Å²) < 4.78 is 5.22. The zero-order chi connectivity index (χ0) is 15.1. The Hall–Kier alpha value is -1.88. The molecule has 1 aromatic heterocycles. The molecule has 0 radical (unpaired) electrons. The van der Waals surface area contributed by atoms with Crippen molar-refractivity contribution in [2.45, 2.75) is 6.54 Å². The number of amides is 1. The van der Waals surface area contributed by atoms with Crippen LogP contribution >= 0.6 is 15.9 Å². The Bertz CT molecular complexity index is 590. The van der Waals surface area contributed by atoms with E-state index in [1.807, 2.05) is 30.3 Å². The maximum absolute atomic E-state index is 12.7. The highest BCUT2D eigenvalue weighted by molar-refractivity contribution is 9.09. The van der Waals surface area contributed by atoms with Gasteiger partial charge in [-0.15, -0.1) is 0 Å². The van der Waals surface area contributed by atoms with E-state index in [0.717, 1.165) is 10.9 Å². The molecule has 0 bridgehead atoms. The molecule has 0 saturated heterocycles. The van der Waals surface area contributed by atoms with Crippen molar-refractivity contribution in [1.29, 1.82) is 0 Å². The summed E-state index contributed by atoms with van der Waals surface area (Å²) in [7, 11) is 1.54. The van der Waals surface area contributed by atoms with Gasteiger partial charge in [0.1, 0.15) is 5.75 Å². The number of nitrogens with zero attached hydrogens (tertiary/aromatic N) is 2. The minimum atomic E-state index is -0.0578. The molecule has 21 heavy (non-hydrogen) atoms. The summed E-state index contributed by atoms with van der Waals surface area (Å²) in [5.41, 5.74) is 1.63. The van der Waals surface area contributed by atoms with Crippen LogP contribution in [0.4, 0.5) is 0 Å². The molecule has 2 aromatic rings. The van der Waals surface area contributed by atoms with Crippen LogP contribution in [-0.4, -0.2) is 34.8 Å². The SMILES string of the molecule is COc1cnccc1C(=O)N(CCBr)Cc1ccccc1. The summed E-state index contributed by atoms with van der Waals surface area (Å²) in [5, 5.41) is 0.721. The molecule has 1 aromatic carbocycles.